The molecule has 184 valence electrons. The van der Waals surface area contributed by atoms with E-state index in [-0.39, 0.29) is 16.1 Å². The third-order valence-corrected chi connectivity index (χ3v) is 6.27. The Kier molecular flexibility index (Phi) is 9.25. The second-order valence-electron chi connectivity index (χ2n) is 7.53. The number of benzene rings is 3. The lowest BCUT2D eigenvalue weighted by Gasteiger charge is -2.12. The van der Waals surface area contributed by atoms with Crippen LogP contribution in [0, 0.1) is 0 Å². The van der Waals surface area contributed by atoms with Gasteiger partial charge in [0.2, 0.25) is 0 Å². The molecule has 3 aromatic carbocycles. The van der Waals surface area contributed by atoms with Crippen LogP contribution in [0.3, 0.4) is 0 Å². The average Bonchev–Trinajstić information content (AvgIpc) is 2.86. The van der Waals surface area contributed by atoms with Gasteiger partial charge in [0.1, 0.15) is 11.5 Å². The van der Waals surface area contributed by atoms with Gasteiger partial charge >= 0.3 is 0 Å². The molecule has 0 saturated heterocycles. The molecule has 0 atom stereocenters. The number of nitrogens with zero attached hydrogens (tertiary/aromatic N) is 1. The van der Waals surface area contributed by atoms with E-state index in [1.54, 1.807) is 24.3 Å². The van der Waals surface area contributed by atoms with Crippen molar-refractivity contribution < 1.29 is 22.7 Å². The Bertz CT molecular complexity index is 1240. The normalized spacial score (nSPS) is 11.3. The van der Waals surface area contributed by atoms with Gasteiger partial charge in [-0.2, -0.15) is 5.10 Å². The molecule has 35 heavy (non-hydrogen) atoms. The summed E-state index contributed by atoms with van der Waals surface area (Å²) in [5.74, 6) is 0.793. The highest BCUT2D eigenvalue weighted by molar-refractivity contribution is 7.92. The van der Waals surface area contributed by atoms with Crippen molar-refractivity contribution >= 4 is 27.8 Å². The molecule has 2 N–H and O–H groups in total. The zero-order valence-electron chi connectivity index (χ0n) is 19.7. The van der Waals surface area contributed by atoms with Crippen LogP contribution in [0.2, 0.25) is 0 Å². The predicted molar refractivity (Wildman–Crippen MR) is 137 cm³/mol. The molecule has 0 spiro atoms. The van der Waals surface area contributed by atoms with Crippen LogP contribution in [0.1, 0.15) is 42.6 Å². The number of anilines is 1. The second-order valence-corrected chi connectivity index (χ2v) is 9.21. The summed E-state index contributed by atoms with van der Waals surface area (Å²) in [6.07, 6.45) is 3.56. The molecule has 8 nitrogen and oxygen atoms in total. The van der Waals surface area contributed by atoms with Gasteiger partial charge in [0.05, 0.1) is 35.6 Å². The third kappa shape index (κ3) is 7.58. The Labute approximate surface area is 206 Å². The summed E-state index contributed by atoms with van der Waals surface area (Å²) in [7, 11) is -3.91. The molecule has 0 aliphatic carbocycles. The molecule has 0 fully saturated rings. The lowest BCUT2D eigenvalue weighted by molar-refractivity contribution is 0.0956. The van der Waals surface area contributed by atoms with E-state index in [4.69, 9.17) is 9.47 Å². The van der Waals surface area contributed by atoms with Crippen molar-refractivity contribution in [3.8, 4) is 11.5 Å². The summed E-state index contributed by atoms with van der Waals surface area (Å²) in [4.78, 5) is 12.8. The number of hydrogen-bond acceptors (Lipinski definition) is 6. The smallest absolute Gasteiger partial charge is 0.273 e. The van der Waals surface area contributed by atoms with Crippen LogP contribution in [0.15, 0.2) is 82.8 Å². The zero-order chi connectivity index (χ0) is 25.1. The summed E-state index contributed by atoms with van der Waals surface area (Å²) in [6, 6.07) is 19.7. The molecule has 0 aliphatic rings. The van der Waals surface area contributed by atoms with Gasteiger partial charge in [-0.15, -0.1) is 0 Å². The third-order valence-electron chi connectivity index (χ3n) is 4.89. The molecular formula is C26H29N3O5S. The highest BCUT2D eigenvalue weighted by Gasteiger charge is 2.18. The highest BCUT2D eigenvalue weighted by atomic mass is 32.2. The number of carbonyl (C=O) groups is 1. The SMILES string of the molecule is CCCCOc1ccc(/C=N\NC(=O)c2ccccc2NS(=O)(=O)c2ccc(OCC)cc2)cc1. The van der Waals surface area contributed by atoms with Gasteiger partial charge < -0.3 is 9.47 Å². The van der Waals surface area contributed by atoms with E-state index in [1.165, 1.54) is 30.5 Å². The average molecular weight is 496 g/mol. The maximum atomic E-state index is 12.8. The van der Waals surface area contributed by atoms with Gasteiger partial charge in [-0.05, 0) is 79.6 Å². The standard InChI is InChI=1S/C26H29N3O5S/c1-3-5-18-34-22-12-10-20(11-13-22)19-27-28-26(30)24-8-6-7-9-25(24)29-35(31,32)23-16-14-21(15-17-23)33-4-2/h6-17,19,29H,3-5,18H2,1-2H3,(H,28,30)/b27-19-. The van der Waals surface area contributed by atoms with Gasteiger partial charge in [0.15, 0.2) is 0 Å². The van der Waals surface area contributed by atoms with Gasteiger partial charge in [0.25, 0.3) is 15.9 Å². The van der Waals surface area contributed by atoms with Crippen LogP contribution in [-0.2, 0) is 10.0 Å². The van der Waals surface area contributed by atoms with Crippen molar-refractivity contribution in [1.29, 1.82) is 0 Å². The molecular weight excluding hydrogens is 466 g/mol. The molecule has 0 saturated carbocycles. The first-order valence-electron chi connectivity index (χ1n) is 11.3. The van der Waals surface area contributed by atoms with E-state index >= 15 is 0 Å². The lowest BCUT2D eigenvalue weighted by atomic mass is 10.2. The zero-order valence-corrected chi connectivity index (χ0v) is 20.5. The van der Waals surface area contributed by atoms with E-state index in [1.807, 2.05) is 31.2 Å². The van der Waals surface area contributed by atoms with Crippen LogP contribution < -0.4 is 19.6 Å². The van der Waals surface area contributed by atoms with E-state index in [0.717, 1.165) is 24.2 Å². The Morgan fingerprint density at radius 3 is 2.26 bits per heavy atom. The minimum absolute atomic E-state index is 0.0521. The topological polar surface area (TPSA) is 106 Å². The number of amides is 1. The molecule has 1 amide bonds. The minimum Gasteiger partial charge on any atom is -0.494 e. The monoisotopic (exact) mass is 495 g/mol. The molecule has 9 heteroatoms. The van der Waals surface area contributed by atoms with Gasteiger partial charge in [-0.25, -0.2) is 13.8 Å². The lowest BCUT2D eigenvalue weighted by Crippen LogP contribution is -2.21. The number of sulfonamides is 1. The number of carbonyl (C=O) groups excluding carboxylic acids is 1. The summed E-state index contributed by atoms with van der Waals surface area (Å²) < 4.78 is 39.1. The maximum absolute atomic E-state index is 12.8. The Balaban J connectivity index is 1.65. The van der Waals surface area contributed by atoms with E-state index < -0.39 is 15.9 Å². The van der Waals surface area contributed by atoms with Crippen molar-refractivity contribution in [3.63, 3.8) is 0 Å². The number of hydrazone groups is 1. The Morgan fingerprint density at radius 1 is 0.914 bits per heavy atom. The Hall–Kier alpha value is -3.85. The maximum Gasteiger partial charge on any atom is 0.273 e. The largest absolute Gasteiger partial charge is 0.494 e. The quantitative estimate of drug-likeness (QED) is 0.213. The Morgan fingerprint density at radius 2 is 1.57 bits per heavy atom. The number of rotatable bonds is 12. The van der Waals surface area contributed by atoms with Crippen molar-refractivity contribution in [1.82, 2.24) is 5.43 Å². The molecule has 3 rings (SSSR count). The first kappa shape index (κ1) is 25.8. The summed E-state index contributed by atoms with van der Waals surface area (Å²) in [5, 5.41) is 3.99. The van der Waals surface area contributed by atoms with Gasteiger partial charge in [0, 0.05) is 0 Å². The first-order chi connectivity index (χ1) is 16.9. The molecule has 0 aliphatic heterocycles. The van der Waals surface area contributed by atoms with Crippen LogP contribution in [0.25, 0.3) is 0 Å². The first-order valence-corrected chi connectivity index (χ1v) is 12.8. The molecule has 0 aromatic heterocycles. The van der Waals surface area contributed by atoms with Crippen LogP contribution >= 0.6 is 0 Å². The number of ether oxygens (including phenoxy) is 2. The number of para-hydroxylation sites is 1. The molecule has 0 radical (unpaired) electrons. The molecule has 3 aromatic rings. The van der Waals surface area contributed by atoms with Crippen molar-refractivity contribution in [2.75, 3.05) is 17.9 Å². The number of nitrogens with one attached hydrogen (secondary N) is 2. The van der Waals surface area contributed by atoms with Crippen LogP contribution in [0.4, 0.5) is 5.69 Å². The van der Waals surface area contributed by atoms with Gasteiger partial charge in [-0.1, -0.05) is 25.5 Å². The van der Waals surface area contributed by atoms with E-state index in [0.29, 0.717) is 19.0 Å². The van der Waals surface area contributed by atoms with E-state index in [2.05, 4.69) is 22.2 Å². The number of unbranched alkanes of at least 4 members (excludes halogenated alkanes) is 1. The summed E-state index contributed by atoms with van der Waals surface area (Å²) in [5.41, 5.74) is 3.49. The minimum atomic E-state index is -3.91. The fourth-order valence-electron chi connectivity index (χ4n) is 3.07. The molecule has 0 unspecified atom stereocenters. The predicted octanol–water partition coefficient (Wildman–Crippen LogP) is 4.83. The van der Waals surface area contributed by atoms with Crippen molar-refractivity contribution in [2.24, 2.45) is 5.10 Å². The molecule has 0 bridgehead atoms. The van der Waals surface area contributed by atoms with E-state index in [9.17, 15) is 13.2 Å². The van der Waals surface area contributed by atoms with Crippen molar-refractivity contribution in [2.45, 2.75) is 31.6 Å². The van der Waals surface area contributed by atoms with Crippen molar-refractivity contribution in [3.05, 3.63) is 83.9 Å². The second kappa shape index (κ2) is 12.6. The summed E-state index contributed by atoms with van der Waals surface area (Å²) >= 11 is 0. The highest BCUT2D eigenvalue weighted by Crippen LogP contribution is 2.22. The fourth-order valence-corrected chi connectivity index (χ4v) is 4.15. The fraction of sp³-hybridized carbons (Fsp3) is 0.231. The van der Waals surface area contributed by atoms with Crippen LogP contribution in [0.5, 0.6) is 11.5 Å². The summed E-state index contributed by atoms with van der Waals surface area (Å²) in [6.45, 7) is 5.10. The van der Waals surface area contributed by atoms with Gasteiger partial charge in [-0.3, -0.25) is 9.52 Å². The molecule has 0 heterocycles. The number of hydrogen-bond donors (Lipinski definition) is 2. The van der Waals surface area contributed by atoms with Crippen LogP contribution in [-0.4, -0.2) is 33.8 Å².